The van der Waals surface area contributed by atoms with Crippen LogP contribution < -0.4 is 5.32 Å². The van der Waals surface area contributed by atoms with Gasteiger partial charge in [-0.3, -0.25) is 0 Å². The lowest BCUT2D eigenvalue weighted by atomic mass is 10.2. The van der Waals surface area contributed by atoms with Gasteiger partial charge in [-0.15, -0.1) is 10.2 Å². The van der Waals surface area contributed by atoms with E-state index in [2.05, 4.69) is 31.4 Å². The van der Waals surface area contributed by atoms with Crippen LogP contribution in [-0.2, 0) is 6.54 Å². The topological polar surface area (TPSA) is 51.0 Å². The summed E-state index contributed by atoms with van der Waals surface area (Å²) in [6, 6.07) is 6.05. The van der Waals surface area contributed by atoms with Gasteiger partial charge in [-0.1, -0.05) is 12.1 Å². The van der Waals surface area contributed by atoms with Crippen LogP contribution in [0.15, 0.2) is 27.1 Å². The number of hydrogen-bond acceptors (Lipinski definition) is 4. The number of hydrogen-bond donors (Lipinski definition) is 1. The van der Waals surface area contributed by atoms with Crippen molar-refractivity contribution in [3.05, 3.63) is 40.0 Å². The lowest BCUT2D eigenvalue weighted by Gasteiger charge is -2.07. The van der Waals surface area contributed by atoms with Crippen molar-refractivity contribution in [1.29, 1.82) is 0 Å². The van der Waals surface area contributed by atoms with Crippen molar-refractivity contribution >= 4 is 21.6 Å². The van der Waals surface area contributed by atoms with E-state index in [-0.39, 0.29) is 0 Å². The Morgan fingerprint density at radius 1 is 1.31 bits per heavy atom. The second-order valence-corrected chi connectivity index (χ2v) is 4.30. The summed E-state index contributed by atoms with van der Waals surface area (Å²) in [7, 11) is 0. The molecule has 1 N–H and O–H groups in total. The number of benzene rings is 1. The largest absolute Gasteiger partial charge is 0.424 e. The predicted octanol–water partition coefficient (Wildman–Crippen LogP) is 3.06. The fourth-order valence-corrected chi connectivity index (χ4v) is 1.77. The zero-order chi connectivity index (χ0) is 11.5. The molecule has 0 saturated heterocycles. The second kappa shape index (κ2) is 4.65. The predicted molar refractivity (Wildman–Crippen MR) is 65.2 cm³/mol. The van der Waals surface area contributed by atoms with E-state index in [1.165, 1.54) is 5.56 Å². The second-order valence-electron chi connectivity index (χ2n) is 3.50. The summed E-state index contributed by atoms with van der Waals surface area (Å²) in [6.45, 7) is 4.36. The molecule has 0 fully saturated rings. The maximum absolute atomic E-state index is 5.28. The molecule has 0 unspecified atom stereocenters. The van der Waals surface area contributed by atoms with Crippen molar-refractivity contribution in [2.45, 2.75) is 20.4 Å². The molecule has 2 aromatic rings. The summed E-state index contributed by atoms with van der Waals surface area (Å²) in [4.78, 5) is 0. The molecule has 1 aromatic carbocycles. The third-order valence-electron chi connectivity index (χ3n) is 2.19. The van der Waals surface area contributed by atoms with Crippen LogP contribution in [0.3, 0.4) is 0 Å². The number of halogens is 1. The Morgan fingerprint density at radius 2 is 2.12 bits per heavy atom. The minimum absolute atomic E-state index is 0.531. The third kappa shape index (κ3) is 2.41. The van der Waals surface area contributed by atoms with Gasteiger partial charge < -0.3 is 9.73 Å². The van der Waals surface area contributed by atoms with E-state index in [1.807, 2.05) is 25.1 Å². The Hall–Kier alpha value is -1.36. The molecule has 0 amide bonds. The first kappa shape index (κ1) is 11.1. The fraction of sp³-hybridized carbons (Fsp3) is 0.273. The Kier molecular flexibility index (Phi) is 3.24. The van der Waals surface area contributed by atoms with E-state index in [4.69, 9.17) is 4.42 Å². The molecule has 0 radical (unpaired) electrons. The van der Waals surface area contributed by atoms with E-state index in [0.717, 1.165) is 10.2 Å². The van der Waals surface area contributed by atoms with Crippen LogP contribution in [0.2, 0.25) is 0 Å². The third-order valence-corrected chi connectivity index (χ3v) is 3.24. The van der Waals surface area contributed by atoms with Gasteiger partial charge in [0, 0.05) is 17.1 Å². The smallest absolute Gasteiger partial charge is 0.235 e. The highest BCUT2D eigenvalue weighted by molar-refractivity contribution is 9.10. The van der Waals surface area contributed by atoms with Gasteiger partial charge in [-0.2, -0.15) is 0 Å². The van der Waals surface area contributed by atoms with Crippen LogP contribution in [0.1, 0.15) is 17.3 Å². The highest BCUT2D eigenvalue weighted by Crippen LogP contribution is 2.25. The van der Waals surface area contributed by atoms with Crippen molar-refractivity contribution in [2.24, 2.45) is 0 Å². The van der Waals surface area contributed by atoms with Crippen LogP contribution >= 0.6 is 15.9 Å². The molecule has 0 bridgehead atoms. The maximum atomic E-state index is 5.28. The van der Waals surface area contributed by atoms with Crippen molar-refractivity contribution in [1.82, 2.24) is 10.2 Å². The number of aromatic nitrogens is 2. The number of nitrogens with one attached hydrogen (secondary N) is 1. The first-order valence-corrected chi connectivity index (χ1v) is 5.74. The first-order chi connectivity index (χ1) is 7.66. The Balaban J connectivity index is 2.07. The van der Waals surface area contributed by atoms with Gasteiger partial charge >= 0.3 is 0 Å². The van der Waals surface area contributed by atoms with E-state index in [9.17, 15) is 0 Å². The minimum Gasteiger partial charge on any atom is -0.424 e. The van der Waals surface area contributed by atoms with Crippen LogP contribution in [0.4, 0.5) is 5.69 Å². The molecule has 5 heteroatoms. The summed E-state index contributed by atoms with van der Waals surface area (Å²) in [5.41, 5.74) is 2.21. The molecular formula is C11H12BrN3O. The molecule has 16 heavy (non-hydrogen) atoms. The Bertz CT molecular complexity index is 496. The van der Waals surface area contributed by atoms with Gasteiger partial charge in [0.15, 0.2) is 0 Å². The summed E-state index contributed by atoms with van der Waals surface area (Å²) in [6.07, 6.45) is 0. The molecule has 0 saturated carbocycles. The van der Waals surface area contributed by atoms with Crippen molar-refractivity contribution in [2.75, 3.05) is 5.32 Å². The molecule has 4 nitrogen and oxygen atoms in total. The molecule has 0 atom stereocenters. The zero-order valence-electron chi connectivity index (χ0n) is 9.12. The molecule has 0 aliphatic heterocycles. The normalized spacial score (nSPS) is 10.4. The van der Waals surface area contributed by atoms with Crippen LogP contribution in [-0.4, -0.2) is 10.2 Å². The molecule has 0 aliphatic carbocycles. The van der Waals surface area contributed by atoms with Gasteiger partial charge in [0.25, 0.3) is 0 Å². The van der Waals surface area contributed by atoms with E-state index in [1.54, 1.807) is 6.92 Å². The molecule has 2 rings (SSSR count). The Morgan fingerprint density at radius 3 is 2.81 bits per heavy atom. The molecule has 1 heterocycles. The van der Waals surface area contributed by atoms with Gasteiger partial charge in [-0.25, -0.2) is 0 Å². The summed E-state index contributed by atoms with van der Waals surface area (Å²) < 4.78 is 6.34. The van der Waals surface area contributed by atoms with Crippen LogP contribution in [0.25, 0.3) is 0 Å². The average Bonchev–Trinajstić information content (AvgIpc) is 2.67. The van der Waals surface area contributed by atoms with Crippen molar-refractivity contribution < 1.29 is 4.42 Å². The lowest BCUT2D eigenvalue weighted by Crippen LogP contribution is -2.00. The molecular weight excluding hydrogens is 270 g/mol. The zero-order valence-corrected chi connectivity index (χ0v) is 10.7. The molecule has 1 aromatic heterocycles. The minimum atomic E-state index is 0.531. The molecule has 0 aliphatic rings. The quantitative estimate of drug-likeness (QED) is 0.940. The highest BCUT2D eigenvalue weighted by atomic mass is 79.9. The van der Waals surface area contributed by atoms with Gasteiger partial charge in [-0.05, 0) is 34.5 Å². The Labute approximate surface area is 102 Å². The fourth-order valence-electron chi connectivity index (χ4n) is 1.36. The molecule has 84 valence electrons. The van der Waals surface area contributed by atoms with E-state index in [0.29, 0.717) is 18.3 Å². The van der Waals surface area contributed by atoms with Crippen molar-refractivity contribution in [3.63, 3.8) is 0 Å². The number of rotatable bonds is 3. The lowest BCUT2D eigenvalue weighted by molar-refractivity contribution is 0.475. The summed E-state index contributed by atoms with van der Waals surface area (Å²) in [5.74, 6) is 1.17. The average molecular weight is 282 g/mol. The highest BCUT2D eigenvalue weighted by Gasteiger charge is 2.04. The number of anilines is 1. The summed E-state index contributed by atoms with van der Waals surface area (Å²) in [5, 5.41) is 10.9. The first-order valence-electron chi connectivity index (χ1n) is 4.95. The van der Waals surface area contributed by atoms with Crippen LogP contribution in [0, 0.1) is 13.8 Å². The monoisotopic (exact) mass is 281 g/mol. The SMILES string of the molecule is Cc1nnc(CNc2cccc(C)c2Br)o1. The van der Waals surface area contributed by atoms with Gasteiger partial charge in [0.05, 0.1) is 6.54 Å². The van der Waals surface area contributed by atoms with Crippen molar-refractivity contribution in [3.8, 4) is 0 Å². The molecule has 0 spiro atoms. The maximum Gasteiger partial charge on any atom is 0.235 e. The number of aryl methyl sites for hydroxylation is 2. The standard InChI is InChI=1S/C11H12BrN3O/c1-7-4-3-5-9(11(7)12)13-6-10-15-14-8(2)16-10/h3-5,13H,6H2,1-2H3. The van der Waals surface area contributed by atoms with Gasteiger partial charge in [0.1, 0.15) is 0 Å². The van der Waals surface area contributed by atoms with E-state index >= 15 is 0 Å². The van der Waals surface area contributed by atoms with Gasteiger partial charge in [0.2, 0.25) is 11.8 Å². The number of nitrogens with zero attached hydrogens (tertiary/aromatic N) is 2. The van der Waals surface area contributed by atoms with E-state index < -0.39 is 0 Å². The summed E-state index contributed by atoms with van der Waals surface area (Å²) >= 11 is 3.53. The van der Waals surface area contributed by atoms with Crippen LogP contribution in [0.5, 0.6) is 0 Å².